The largest absolute Gasteiger partial charge is 0.284 e. The maximum absolute atomic E-state index is 4.81. The van der Waals surface area contributed by atoms with Crippen LogP contribution >= 0.6 is 0 Å². The fraction of sp³-hybridized carbons (Fsp3) is 0.0625. The molecule has 0 saturated heterocycles. The zero-order valence-corrected chi connectivity index (χ0v) is 11.5. The molecule has 0 aliphatic heterocycles. The Balaban J connectivity index is 2.02. The Labute approximate surface area is 121 Å². The Hall–Kier alpha value is -2.95. The summed E-state index contributed by atoms with van der Waals surface area (Å²) in [6, 6.07) is 12.1. The lowest BCUT2D eigenvalue weighted by Gasteiger charge is -2.07. The van der Waals surface area contributed by atoms with Gasteiger partial charge in [-0.25, -0.2) is 9.97 Å². The first kappa shape index (κ1) is 11.8. The van der Waals surface area contributed by atoms with Gasteiger partial charge in [0.15, 0.2) is 0 Å². The smallest absolute Gasteiger partial charge is 0.149 e. The van der Waals surface area contributed by atoms with Crippen molar-refractivity contribution in [1.82, 2.24) is 24.6 Å². The number of hydrogen-bond acceptors (Lipinski definition) is 3. The van der Waals surface area contributed by atoms with Gasteiger partial charge in [-0.2, -0.15) is 5.10 Å². The molecule has 3 heterocycles. The zero-order chi connectivity index (χ0) is 14.2. The van der Waals surface area contributed by atoms with Crippen molar-refractivity contribution in [2.75, 3.05) is 0 Å². The van der Waals surface area contributed by atoms with Gasteiger partial charge in [-0.3, -0.25) is 9.50 Å². The number of aryl methyl sites for hydroxylation is 1. The Bertz CT molecular complexity index is 905. The summed E-state index contributed by atoms with van der Waals surface area (Å²) in [6.45, 7) is 1.99. The first-order valence-electron chi connectivity index (χ1n) is 6.73. The third-order valence-electron chi connectivity index (χ3n) is 3.53. The van der Waals surface area contributed by atoms with Crippen molar-refractivity contribution in [3.63, 3.8) is 0 Å². The molecular formula is C16H13N5. The van der Waals surface area contributed by atoms with E-state index in [-0.39, 0.29) is 0 Å². The number of aromatic amines is 1. The van der Waals surface area contributed by atoms with Gasteiger partial charge in [0.25, 0.3) is 0 Å². The zero-order valence-electron chi connectivity index (χ0n) is 11.5. The average molecular weight is 275 g/mol. The number of fused-ring (bicyclic) bond motifs is 1. The SMILES string of the molecule is Cc1[nH]ncc1-c1nc(-c2ccccc2)cc2nccn12. The molecule has 102 valence electrons. The summed E-state index contributed by atoms with van der Waals surface area (Å²) in [5, 5.41) is 7.05. The van der Waals surface area contributed by atoms with Crippen LogP contribution in [0.3, 0.4) is 0 Å². The standard InChI is InChI=1S/C16H13N5/c1-11-13(10-18-20-11)16-19-14(12-5-3-2-4-6-12)9-15-17-7-8-21(15)16/h2-10H,1H3,(H,18,20). The summed E-state index contributed by atoms with van der Waals surface area (Å²) in [5.41, 5.74) is 4.83. The molecule has 0 unspecified atom stereocenters. The molecule has 5 heteroatoms. The molecule has 0 atom stereocenters. The fourth-order valence-electron chi connectivity index (χ4n) is 2.45. The van der Waals surface area contributed by atoms with Gasteiger partial charge in [-0.05, 0) is 6.92 Å². The second-order valence-corrected chi connectivity index (χ2v) is 4.90. The third kappa shape index (κ3) is 1.90. The molecule has 0 aliphatic rings. The topological polar surface area (TPSA) is 58.9 Å². The van der Waals surface area contributed by atoms with Crippen LogP contribution in [0, 0.1) is 6.92 Å². The van der Waals surface area contributed by atoms with E-state index in [2.05, 4.69) is 15.2 Å². The second-order valence-electron chi connectivity index (χ2n) is 4.90. The molecule has 0 amide bonds. The number of aromatic nitrogens is 5. The second kappa shape index (κ2) is 4.56. The molecule has 0 fully saturated rings. The van der Waals surface area contributed by atoms with Gasteiger partial charge in [-0.1, -0.05) is 30.3 Å². The van der Waals surface area contributed by atoms with Gasteiger partial charge in [0.05, 0.1) is 17.5 Å². The number of hydrogen-bond donors (Lipinski definition) is 1. The van der Waals surface area contributed by atoms with Gasteiger partial charge >= 0.3 is 0 Å². The van der Waals surface area contributed by atoms with Crippen LogP contribution in [0.4, 0.5) is 0 Å². The van der Waals surface area contributed by atoms with E-state index in [1.165, 1.54) is 0 Å². The molecule has 1 N–H and O–H groups in total. The van der Waals surface area contributed by atoms with Crippen LogP contribution < -0.4 is 0 Å². The Morgan fingerprint density at radius 2 is 2.00 bits per heavy atom. The van der Waals surface area contributed by atoms with E-state index in [0.717, 1.165) is 34.0 Å². The molecule has 1 aromatic carbocycles. The van der Waals surface area contributed by atoms with Crippen LogP contribution in [-0.4, -0.2) is 24.6 Å². The van der Waals surface area contributed by atoms with Crippen molar-refractivity contribution in [2.45, 2.75) is 6.92 Å². The van der Waals surface area contributed by atoms with Gasteiger partial charge in [0.1, 0.15) is 11.5 Å². The van der Waals surface area contributed by atoms with E-state index < -0.39 is 0 Å². The van der Waals surface area contributed by atoms with E-state index in [4.69, 9.17) is 4.98 Å². The molecule has 4 rings (SSSR count). The van der Waals surface area contributed by atoms with Crippen LogP contribution in [-0.2, 0) is 0 Å². The van der Waals surface area contributed by atoms with Crippen LogP contribution in [0.15, 0.2) is 55.0 Å². The molecule has 0 radical (unpaired) electrons. The van der Waals surface area contributed by atoms with Crippen molar-refractivity contribution >= 4 is 5.65 Å². The molecule has 0 bridgehead atoms. The number of nitrogens with one attached hydrogen (secondary N) is 1. The summed E-state index contributed by atoms with van der Waals surface area (Å²) in [5.74, 6) is 0.843. The third-order valence-corrected chi connectivity index (χ3v) is 3.53. The normalized spacial score (nSPS) is 11.1. The quantitative estimate of drug-likeness (QED) is 0.611. The minimum atomic E-state index is 0.843. The van der Waals surface area contributed by atoms with Crippen molar-refractivity contribution in [2.24, 2.45) is 0 Å². The Morgan fingerprint density at radius 1 is 1.14 bits per heavy atom. The van der Waals surface area contributed by atoms with Gasteiger partial charge in [0, 0.05) is 29.7 Å². The number of nitrogens with zero attached hydrogens (tertiary/aromatic N) is 4. The Morgan fingerprint density at radius 3 is 2.76 bits per heavy atom. The summed E-state index contributed by atoms with van der Waals surface area (Å²) in [6.07, 6.45) is 5.50. The van der Waals surface area contributed by atoms with Crippen molar-refractivity contribution in [3.05, 3.63) is 60.7 Å². The van der Waals surface area contributed by atoms with Gasteiger partial charge < -0.3 is 0 Å². The predicted octanol–water partition coefficient (Wildman–Crippen LogP) is 3.09. The average Bonchev–Trinajstić information content (AvgIpc) is 3.15. The fourth-order valence-corrected chi connectivity index (χ4v) is 2.45. The van der Waals surface area contributed by atoms with E-state index in [1.54, 1.807) is 12.4 Å². The van der Waals surface area contributed by atoms with E-state index in [0.29, 0.717) is 0 Å². The lowest BCUT2D eigenvalue weighted by atomic mass is 10.1. The monoisotopic (exact) mass is 275 g/mol. The number of benzene rings is 1. The van der Waals surface area contributed by atoms with E-state index >= 15 is 0 Å². The maximum atomic E-state index is 4.81. The molecule has 5 nitrogen and oxygen atoms in total. The first-order valence-corrected chi connectivity index (χ1v) is 6.73. The molecule has 3 aromatic heterocycles. The predicted molar refractivity (Wildman–Crippen MR) is 80.7 cm³/mol. The Kier molecular flexibility index (Phi) is 2.57. The highest BCUT2D eigenvalue weighted by atomic mass is 15.1. The van der Waals surface area contributed by atoms with Crippen molar-refractivity contribution in [3.8, 4) is 22.6 Å². The van der Waals surface area contributed by atoms with Crippen LogP contribution in [0.25, 0.3) is 28.3 Å². The lowest BCUT2D eigenvalue weighted by Crippen LogP contribution is -1.98. The highest BCUT2D eigenvalue weighted by Gasteiger charge is 2.13. The highest BCUT2D eigenvalue weighted by Crippen LogP contribution is 2.25. The first-order chi connectivity index (χ1) is 10.3. The van der Waals surface area contributed by atoms with Crippen LogP contribution in [0.2, 0.25) is 0 Å². The summed E-state index contributed by atoms with van der Waals surface area (Å²) < 4.78 is 1.98. The summed E-state index contributed by atoms with van der Waals surface area (Å²) in [4.78, 5) is 9.21. The summed E-state index contributed by atoms with van der Waals surface area (Å²) in [7, 11) is 0. The summed E-state index contributed by atoms with van der Waals surface area (Å²) >= 11 is 0. The minimum Gasteiger partial charge on any atom is -0.284 e. The number of rotatable bonds is 2. The van der Waals surface area contributed by atoms with Crippen LogP contribution in [0.5, 0.6) is 0 Å². The molecule has 0 spiro atoms. The van der Waals surface area contributed by atoms with Crippen molar-refractivity contribution in [1.29, 1.82) is 0 Å². The molecular weight excluding hydrogens is 262 g/mol. The molecule has 4 aromatic rings. The minimum absolute atomic E-state index is 0.843. The maximum Gasteiger partial charge on any atom is 0.149 e. The molecule has 0 aliphatic carbocycles. The molecule has 21 heavy (non-hydrogen) atoms. The number of imidazole rings is 1. The van der Waals surface area contributed by atoms with Gasteiger partial charge in [-0.15, -0.1) is 0 Å². The van der Waals surface area contributed by atoms with Crippen molar-refractivity contribution < 1.29 is 0 Å². The van der Waals surface area contributed by atoms with Gasteiger partial charge in [0.2, 0.25) is 0 Å². The number of H-pyrrole nitrogens is 1. The van der Waals surface area contributed by atoms with Crippen LogP contribution in [0.1, 0.15) is 5.69 Å². The lowest BCUT2D eigenvalue weighted by molar-refractivity contribution is 1.04. The molecule has 0 saturated carbocycles. The van der Waals surface area contributed by atoms with E-state index in [1.807, 2.05) is 53.9 Å². The highest BCUT2D eigenvalue weighted by molar-refractivity contribution is 5.69. The van der Waals surface area contributed by atoms with E-state index in [9.17, 15) is 0 Å².